The van der Waals surface area contributed by atoms with E-state index in [1.165, 1.54) is 13.2 Å². The molecule has 3 nitrogen and oxygen atoms in total. The lowest BCUT2D eigenvalue weighted by Gasteiger charge is -2.30. The second-order valence-electron chi connectivity index (χ2n) is 4.02. The van der Waals surface area contributed by atoms with Gasteiger partial charge in [0.25, 0.3) is 0 Å². The summed E-state index contributed by atoms with van der Waals surface area (Å²) in [6.07, 6.45) is 0. The van der Waals surface area contributed by atoms with Gasteiger partial charge in [-0.25, -0.2) is 4.39 Å². The molecule has 2 rings (SSSR count). The SMILES string of the molecule is COc1cc(C(C)NC2COC2)ccc1F. The van der Waals surface area contributed by atoms with Gasteiger partial charge in [-0.2, -0.15) is 0 Å². The zero-order chi connectivity index (χ0) is 11.5. The van der Waals surface area contributed by atoms with Crippen molar-refractivity contribution in [1.29, 1.82) is 0 Å². The second kappa shape index (κ2) is 4.80. The Bertz CT molecular complexity index is 366. The van der Waals surface area contributed by atoms with Crippen LogP contribution >= 0.6 is 0 Å². The van der Waals surface area contributed by atoms with Crippen molar-refractivity contribution in [2.75, 3.05) is 20.3 Å². The Kier molecular flexibility index (Phi) is 3.41. The van der Waals surface area contributed by atoms with Crippen LogP contribution in [0, 0.1) is 5.82 Å². The van der Waals surface area contributed by atoms with Gasteiger partial charge in [0.05, 0.1) is 26.4 Å². The van der Waals surface area contributed by atoms with Crippen molar-refractivity contribution >= 4 is 0 Å². The number of halogens is 1. The van der Waals surface area contributed by atoms with Crippen LogP contribution in [0.5, 0.6) is 5.75 Å². The molecule has 1 aliphatic rings. The molecule has 0 aromatic heterocycles. The fourth-order valence-electron chi connectivity index (χ4n) is 1.73. The monoisotopic (exact) mass is 225 g/mol. The van der Waals surface area contributed by atoms with E-state index >= 15 is 0 Å². The van der Waals surface area contributed by atoms with Gasteiger partial charge < -0.3 is 14.8 Å². The molecule has 0 amide bonds. The van der Waals surface area contributed by atoms with Crippen molar-refractivity contribution in [3.05, 3.63) is 29.6 Å². The standard InChI is InChI=1S/C12H16FNO2/c1-8(14-10-6-16-7-10)9-3-4-11(13)12(5-9)15-2/h3-5,8,10,14H,6-7H2,1-2H3. The molecule has 1 aliphatic heterocycles. The zero-order valence-electron chi connectivity index (χ0n) is 9.50. The molecule has 1 saturated heterocycles. The van der Waals surface area contributed by atoms with Gasteiger partial charge in [-0.15, -0.1) is 0 Å². The lowest BCUT2D eigenvalue weighted by molar-refractivity contribution is -0.00926. The van der Waals surface area contributed by atoms with Crippen molar-refractivity contribution in [3.8, 4) is 5.75 Å². The van der Waals surface area contributed by atoms with Crippen LogP contribution in [0.15, 0.2) is 18.2 Å². The summed E-state index contributed by atoms with van der Waals surface area (Å²) in [6, 6.07) is 5.51. The molecule has 0 radical (unpaired) electrons. The molecule has 16 heavy (non-hydrogen) atoms. The largest absolute Gasteiger partial charge is 0.494 e. The van der Waals surface area contributed by atoms with Crippen molar-refractivity contribution in [3.63, 3.8) is 0 Å². The molecule has 0 bridgehead atoms. The average Bonchev–Trinajstić information content (AvgIpc) is 2.24. The number of hydrogen-bond acceptors (Lipinski definition) is 3. The van der Waals surface area contributed by atoms with Crippen LogP contribution in [-0.2, 0) is 4.74 Å². The predicted octanol–water partition coefficient (Wildman–Crippen LogP) is 1.88. The molecule has 1 unspecified atom stereocenters. The Labute approximate surface area is 94.6 Å². The molecule has 1 aromatic rings. The summed E-state index contributed by atoms with van der Waals surface area (Å²) in [5.41, 5.74) is 1.02. The quantitative estimate of drug-likeness (QED) is 0.848. The van der Waals surface area contributed by atoms with Crippen molar-refractivity contribution in [1.82, 2.24) is 5.32 Å². The first-order chi connectivity index (χ1) is 7.70. The highest BCUT2D eigenvalue weighted by Gasteiger charge is 2.21. The third kappa shape index (κ3) is 2.33. The maximum atomic E-state index is 13.2. The van der Waals surface area contributed by atoms with E-state index in [9.17, 15) is 4.39 Å². The van der Waals surface area contributed by atoms with E-state index in [0.29, 0.717) is 6.04 Å². The Morgan fingerprint density at radius 3 is 2.81 bits per heavy atom. The molecule has 0 saturated carbocycles. The molecule has 0 aliphatic carbocycles. The fraction of sp³-hybridized carbons (Fsp3) is 0.500. The minimum atomic E-state index is -0.328. The zero-order valence-corrected chi connectivity index (χ0v) is 9.50. The average molecular weight is 225 g/mol. The van der Waals surface area contributed by atoms with E-state index in [0.717, 1.165) is 18.8 Å². The molecule has 1 fully saturated rings. The normalized spacial score (nSPS) is 17.9. The molecule has 1 aromatic carbocycles. The molecule has 1 heterocycles. The van der Waals surface area contributed by atoms with Crippen molar-refractivity contribution in [2.24, 2.45) is 0 Å². The molecule has 1 N–H and O–H groups in total. The second-order valence-corrected chi connectivity index (χ2v) is 4.02. The summed E-state index contributed by atoms with van der Waals surface area (Å²) < 4.78 is 23.2. The lowest BCUT2D eigenvalue weighted by Crippen LogP contribution is -2.46. The minimum absolute atomic E-state index is 0.170. The molecule has 1 atom stereocenters. The number of rotatable bonds is 4. The highest BCUT2D eigenvalue weighted by molar-refractivity contribution is 5.32. The summed E-state index contributed by atoms with van der Waals surface area (Å²) in [6.45, 7) is 3.55. The van der Waals surface area contributed by atoms with Crippen LogP contribution in [-0.4, -0.2) is 26.4 Å². The third-order valence-corrected chi connectivity index (χ3v) is 2.80. The van der Waals surface area contributed by atoms with Gasteiger partial charge >= 0.3 is 0 Å². The third-order valence-electron chi connectivity index (χ3n) is 2.80. The smallest absolute Gasteiger partial charge is 0.165 e. The predicted molar refractivity (Wildman–Crippen MR) is 59.1 cm³/mol. The first-order valence-electron chi connectivity index (χ1n) is 5.38. The number of nitrogens with one attached hydrogen (secondary N) is 1. The minimum Gasteiger partial charge on any atom is -0.494 e. The van der Waals surface area contributed by atoms with Gasteiger partial charge in [-0.1, -0.05) is 6.07 Å². The molecule has 0 spiro atoms. The summed E-state index contributed by atoms with van der Waals surface area (Å²) in [4.78, 5) is 0. The van der Waals surface area contributed by atoms with Gasteiger partial charge in [0.2, 0.25) is 0 Å². The number of methoxy groups -OCH3 is 1. The van der Waals surface area contributed by atoms with Crippen LogP contribution in [0.4, 0.5) is 4.39 Å². The van der Waals surface area contributed by atoms with E-state index in [-0.39, 0.29) is 17.6 Å². The summed E-state index contributed by atoms with van der Waals surface area (Å²) >= 11 is 0. The topological polar surface area (TPSA) is 30.5 Å². The van der Waals surface area contributed by atoms with Gasteiger partial charge in [0.1, 0.15) is 0 Å². The summed E-state index contributed by atoms with van der Waals surface area (Å²) in [5, 5.41) is 3.40. The van der Waals surface area contributed by atoms with Crippen LogP contribution in [0.25, 0.3) is 0 Å². The van der Waals surface area contributed by atoms with Crippen LogP contribution in [0.2, 0.25) is 0 Å². The Morgan fingerprint density at radius 1 is 1.50 bits per heavy atom. The Hall–Kier alpha value is -1.13. The Morgan fingerprint density at radius 2 is 2.25 bits per heavy atom. The molecule has 88 valence electrons. The van der Waals surface area contributed by atoms with Crippen LogP contribution in [0.3, 0.4) is 0 Å². The first-order valence-corrected chi connectivity index (χ1v) is 5.38. The van der Waals surface area contributed by atoms with Gasteiger partial charge in [-0.05, 0) is 24.6 Å². The lowest BCUT2D eigenvalue weighted by atomic mass is 10.1. The van der Waals surface area contributed by atoms with Gasteiger partial charge in [0.15, 0.2) is 11.6 Å². The van der Waals surface area contributed by atoms with Gasteiger partial charge in [0, 0.05) is 6.04 Å². The number of ether oxygens (including phenoxy) is 2. The van der Waals surface area contributed by atoms with Crippen LogP contribution in [0.1, 0.15) is 18.5 Å². The highest BCUT2D eigenvalue weighted by atomic mass is 19.1. The molecule has 4 heteroatoms. The van der Waals surface area contributed by atoms with E-state index in [4.69, 9.17) is 9.47 Å². The maximum Gasteiger partial charge on any atom is 0.165 e. The summed E-state index contributed by atoms with van der Waals surface area (Å²) in [5.74, 6) is -0.0403. The summed E-state index contributed by atoms with van der Waals surface area (Å²) in [7, 11) is 1.47. The van der Waals surface area contributed by atoms with E-state index in [1.807, 2.05) is 6.92 Å². The van der Waals surface area contributed by atoms with Crippen molar-refractivity contribution in [2.45, 2.75) is 19.0 Å². The van der Waals surface area contributed by atoms with Crippen LogP contribution < -0.4 is 10.1 Å². The molecular weight excluding hydrogens is 209 g/mol. The number of benzene rings is 1. The Balaban J connectivity index is 2.06. The molecular formula is C12H16FNO2. The highest BCUT2D eigenvalue weighted by Crippen LogP contribution is 2.23. The van der Waals surface area contributed by atoms with Crippen molar-refractivity contribution < 1.29 is 13.9 Å². The van der Waals surface area contributed by atoms with E-state index < -0.39 is 0 Å². The van der Waals surface area contributed by atoms with E-state index in [1.54, 1.807) is 12.1 Å². The van der Waals surface area contributed by atoms with E-state index in [2.05, 4.69) is 5.32 Å². The number of hydrogen-bond donors (Lipinski definition) is 1. The maximum absolute atomic E-state index is 13.2. The van der Waals surface area contributed by atoms with Gasteiger partial charge in [-0.3, -0.25) is 0 Å². The first kappa shape index (κ1) is 11.4. The fourth-order valence-corrected chi connectivity index (χ4v) is 1.73.